The fraction of sp³-hybridized carbons (Fsp3) is 0.263. The molecule has 0 saturated heterocycles. The van der Waals surface area contributed by atoms with Crippen LogP contribution in [0.5, 0.6) is 11.5 Å². The third kappa shape index (κ3) is 3.91. The van der Waals surface area contributed by atoms with Crippen LogP contribution >= 0.6 is 0 Å². The maximum atomic E-state index is 12.2. The van der Waals surface area contributed by atoms with Crippen LogP contribution in [0.1, 0.15) is 29.8 Å². The van der Waals surface area contributed by atoms with Crippen LogP contribution < -0.4 is 14.8 Å². The minimum atomic E-state index is -0.927. The summed E-state index contributed by atoms with van der Waals surface area (Å²) >= 11 is 0. The fourth-order valence-corrected chi connectivity index (χ4v) is 2.37. The number of aryl methyl sites for hydroxylation is 1. The van der Waals surface area contributed by atoms with Gasteiger partial charge in [0.1, 0.15) is 0 Å². The van der Waals surface area contributed by atoms with Crippen molar-refractivity contribution >= 4 is 17.6 Å². The number of hydrogen-bond acceptors (Lipinski definition) is 5. The van der Waals surface area contributed by atoms with Gasteiger partial charge in [0.2, 0.25) is 6.79 Å². The third-order valence-electron chi connectivity index (χ3n) is 3.89. The second kappa shape index (κ2) is 7.25. The first-order chi connectivity index (χ1) is 12.1. The number of amides is 1. The lowest BCUT2D eigenvalue weighted by Crippen LogP contribution is -2.30. The molecule has 2 aromatic carbocycles. The molecule has 1 N–H and O–H groups in total. The lowest BCUT2D eigenvalue weighted by molar-refractivity contribution is -0.123. The van der Waals surface area contributed by atoms with Crippen LogP contribution in [-0.4, -0.2) is 24.8 Å². The number of ether oxygens (including phenoxy) is 3. The quantitative estimate of drug-likeness (QED) is 0.846. The van der Waals surface area contributed by atoms with Crippen molar-refractivity contribution in [2.24, 2.45) is 0 Å². The number of anilines is 1. The summed E-state index contributed by atoms with van der Waals surface area (Å²) in [7, 11) is 0. The van der Waals surface area contributed by atoms with Gasteiger partial charge in [0.25, 0.3) is 5.91 Å². The second-order valence-electron chi connectivity index (χ2n) is 5.66. The van der Waals surface area contributed by atoms with Gasteiger partial charge in [0, 0.05) is 5.69 Å². The number of rotatable bonds is 5. The molecule has 1 atom stereocenters. The van der Waals surface area contributed by atoms with E-state index in [1.807, 2.05) is 24.3 Å². The highest BCUT2D eigenvalue weighted by Crippen LogP contribution is 2.32. The van der Waals surface area contributed by atoms with E-state index in [0.717, 1.165) is 6.42 Å². The zero-order valence-corrected chi connectivity index (χ0v) is 14.1. The monoisotopic (exact) mass is 341 g/mol. The molecular weight excluding hydrogens is 322 g/mol. The largest absolute Gasteiger partial charge is 0.454 e. The highest BCUT2D eigenvalue weighted by Gasteiger charge is 2.21. The van der Waals surface area contributed by atoms with Crippen molar-refractivity contribution in [3.05, 3.63) is 53.6 Å². The maximum absolute atomic E-state index is 12.2. The van der Waals surface area contributed by atoms with Crippen molar-refractivity contribution in [1.82, 2.24) is 0 Å². The zero-order chi connectivity index (χ0) is 17.8. The molecule has 0 bridgehead atoms. The topological polar surface area (TPSA) is 73.9 Å². The summed E-state index contributed by atoms with van der Waals surface area (Å²) in [5.74, 6) is 0.0843. The van der Waals surface area contributed by atoms with Crippen molar-refractivity contribution < 1.29 is 23.8 Å². The van der Waals surface area contributed by atoms with Gasteiger partial charge in [-0.05, 0) is 49.2 Å². The Labute approximate surface area is 145 Å². The van der Waals surface area contributed by atoms with Gasteiger partial charge < -0.3 is 19.5 Å². The normalized spacial score (nSPS) is 13.2. The molecule has 1 amide bonds. The molecular formula is C19H19NO5. The predicted octanol–water partition coefficient (Wildman–Crippen LogP) is 3.16. The van der Waals surface area contributed by atoms with Crippen LogP contribution in [0, 0.1) is 0 Å². The molecule has 0 fully saturated rings. The van der Waals surface area contributed by atoms with E-state index in [1.165, 1.54) is 12.5 Å². The maximum Gasteiger partial charge on any atom is 0.339 e. The molecule has 0 saturated carbocycles. The Bertz CT molecular complexity index is 785. The molecule has 3 rings (SSSR count). The minimum absolute atomic E-state index is 0.128. The van der Waals surface area contributed by atoms with Crippen molar-refractivity contribution in [1.29, 1.82) is 0 Å². The van der Waals surface area contributed by atoms with Gasteiger partial charge >= 0.3 is 5.97 Å². The highest BCUT2D eigenvalue weighted by atomic mass is 16.7. The first-order valence-electron chi connectivity index (χ1n) is 8.07. The summed E-state index contributed by atoms with van der Waals surface area (Å²) in [6, 6.07) is 12.3. The Hall–Kier alpha value is -3.02. The van der Waals surface area contributed by atoms with Crippen molar-refractivity contribution in [3.8, 4) is 11.5 Å². The Balaban J connectivity index is 1.59. The van der Waals surface area contributed by atoms with Crippen LogP contribution in [0.3, 0.4) is 0 Å². The van der Waals surface area contributed by atoms with Crippen molar-refractivity contribution in [2.45, 2.75) is 26.4 Å². The fourth-order valence-electron chi connectivity index (χ4n) is 2.37. The number of carbonyl (C=O) groups excluding carboxylic acids is 2. The predicted molar refractivity (Wildman–Crippen MR) is 91.9 cm³/mol. The lowest BCUT2D eigenvalue weighted by Gasteiger charge is -2.14. The second-order valence-corrected chi connectivity index (χ2v) is 5.66. The van der Waals surface area contributed by atoms with Crippen LogP contribution in [0.2, 0.25) is 0 Å². The number of carbonyl (C=O) groups is 2. The van der Waals surface area contributed by atoms with Gasteiger partial charge in [-0.1, -0.05) is 19.1 Å². The number of fused-ring (bicyclic) bond motifs is 1. The number of esters is 1. The van der Waals surface area contributed by atoms with Gasteiger partial charge in [-0.25, -0.2) is 4.79 Å². The Kier molecular flexibility index (Phi) is 4.88. The Morgan fingerprint density at radius 2 is 1.84 bits per heavy atom. The molecule has 6 nitrogen and oxygen atoms in total. The van der Waals surface area contributed by atoms with Gasteiger partial charge in [-0.2, -0.15) is 0 Å². The molecule has 6 heteroatoms. The first-order valence-corrected chi connectivity index (χ1v) is 8.07. The molecule has 2 aromatic rings. The molecule has 0 aromatic heterocycles. The Morgan fingerprint density at radius 1 is 1.12 bits per heavy atom. The average molecular weight is 341 g/mol. The van der Waals surface area contributed by atoms with E-state index in [4.69, 9.17) is 14.2 Å². The molecule has 0 aliphatic carbocycles. The van der Waals surface area contributed by atoms with E-state index in [9.17, 15) is 9.59 Å². The zero-order valence-electron chi connectivity index (χ0n) is 14.1. The molecule has 0 radical (unpaired) electrons. The van der Waals surface area contributed by atoms with E-state index < -0.39 is 18.0 Å². The number of nitrogens with one attached hydrogen (secondary N) is 1. The lowest BCUT2D eigenvalue weighted by atomic mass is 10.1. The van der Waals surface area contributed by atoms with Crippen molar-refractivity contribution in [2.75, 3.05) is 12.1 Å². The molecule has 1 heterocycles. The van der Waals surface area contributed by atoms with Crippen LogP contribution in [0.25, 0.3) is 0 Å². The summed E-state index contributed by atoms with van der Waals surface area (Å²) in [6.07, 6.45) is 0.00129. The van der Waals surface area contributed by atoms with Crippen LogP contribution in [0.15, 0.2) is 42.5 Å². The average Bonchev–Trinajstić information content (AvgIpc) is 3.09. The first kappa shape index (κ1) is 16.8. The number of hydrogen-bond donors (Lipinski definition) is 1. The van der Waals surface area contributed by atoms with E-state index in [-0.39, 0.29) is 6.79 Å². The van der Waals surface area contributed by atoms with E-state index >= 15 is 0 Å². The molecule has 0 spiro atoms. The number of benzene rings is 2. The summed E-state index contributed by atoms with van der Waals surface area (Å²) in [5.41, 5.74) is 2.14. The minimum Gasteiger partial charge on any atom is -0.454 e. The summed E-state index contributed by atoms with van der Waals surface area (Å²) in [5, 5.41) is 2.73. The standard InChI is InChI=1S/C19H19NO5/c1-3-13-4-7-15(8-5-13)20-18(21)12(2)25-19(22)14-6-9-16-17(10-14)24-11-23-16/h4-10,12H,3,11H2,1-2H3,(H,20,21). The molecule has 25 heavy (non-hydrogen) atoms. The Morgan fingerprint density at radius 3 is 2.56 bits per heavy atom. The van der Waals surface area contributed by atoms with Crippen LogP contribution in [0.4, 0.5) is 5.69 Å². The summed E-state index contributed by atoms with van der Waals surface area (Å²) < 4.78 is 15.7. The van der Waals surface area contributed by atoms with Crippen LogP contribution in [-0.2, 0) is 16.0 Å². The third-order valence-corrected chi connectivity index (χ3v) is 3.89. The van der Waals surface area contributed by atoms with Crippen molar-refractivity contribution in [3.63, 3.8) is 0 Å². The molecule has 1 unspecified atom stereocenters. The smallest absolute Gasteiger partial charge is 0.339 e. The van der Waals surface area contributed by atoms with Gasteiger partial charge in [0.05, 0.1) is 5.56 Å². The summed E-state index contributed by atoms with van der Waals surface area (Å²) in [6.45, 7) is 3.72. The molecule has 1 aliphatic heterocycles. The summed E-state index contributed by atoms with van der Waals surface area (Å²) in [4.78, 5) is 24.4. The van der Waals surface area contributed by atoms with E-state index in [0.29, 0.717) is 22.7 Å². The molecule has 130 valence electrons. The van der Waals surface area contributed by atoms with E-state index in [1.54, 1.807) is 18.2 Å². The molecule has 1 aliphatic rings. The van der Waals surface area contributed by atoms with E-state index in [2.05, 4.69) is 12.2 Å². The highest BCUT2D eigenvalue weighted by molar-refractivity contribution is 5.97. The van der Waals surface area contributed by atoms with Gasteiger partial charge in [0.15, 0.2) is 17.6 Å². The van der Waals surface area contributed by atoms with Gasteiger partial charge in [-0.3, -0.25) is 4.79 Å². The van der Waals surface area contributed by atoms with Gasteiger partial charge in [-0.15, -0.1) is 0 Å². The SMILES string of the molecule is CCc1ccc(NC(=O)C(C)OC(=O)c2ccc3c(c2)OCO3)cc1.